The maximum atomic E-state index is 12.9. The molecule has 1 aromatic carbocycles. The smallest absolute Gasteiger partial charge is 0.236 e. The molecule has 1 aliphatic rings. The molecular formula is C11H15FN2O2S. The molecule has 0 saturated carbocycles. The Morgan fingerprint density at radius 3 is 2.88 bits per heavy atom. The van der Waals surface area contributed by atoms with Gasteiger partial charge in [0, 0.05) is 6.54 Å². The molecule has 4 nitrogen and oxygen atoms in total. The Morgan fingerprint density at radius 2 is 2.24 bits per heavy atom. The molecular weight excluding hydrogens is 243 g/mol. The van der Waals surface area contributed by atoms with Crippen molar-refractivity contribution in [1.82, 2.24) is 5.32 Å². The first-order valence-corrected chi connectivity index (χ1v) is 7.10. The van der Waals surface area contributed by atoms with Crippen molar-refractivity contribution in [3.05, 3.63) is 30.1 Å². The third-order valence-electron chi connectivity index (χ3n) is 2.78. The highest BCUT2D eigenvalue weighted by atomic mass is 32.2. The summed E-state index contributed by atoms with van der Waals surface area (Å²) in [5.74, 6) is -0.452. The first-order chi connectivity index (χ1) is 8.08. The third-order valence-corrected chi connectivity index (χ3v) is 4.58. The SMILES string of the molecule is O=S(=O)(Nc1cccc(F)c1)C1CCCNC1. The van der Waals surface area contributed by atoms with Crippen LogP contribution < -0.4 is 10.0 Å². The second kappa shape index (κ2) is 5.01. The molecule has 0 aliphatic carbocycles. The number of benzene rings is 1. The summed E-state index contributed by atoms with van der Waals surface area (Å²) in [5.41, 5.74) is 0.274. The fourth-order valence-electron chi connectivity index (χ4n) is 1.88. The highest BCUT2D eigenvalue weighted by molar-refractivity contribution is 7.93. The molecule has 94 valence electrons. The van der Waals surface area contributed by atoms with Crippen molar-refractivity contribution in [3.8, 4) is 0 Å². The van der Waals surface area contributed by atoms with Gasteiger partial charge in [-0.1, -0.05) is 6.07 Å². The molecule has 6 heteroatoms. The average molecular weight is 258 g/mol. The Balaban J connectivity index is 2.11. The maximum Gasteiger partial charge on any atom is 0.236 e. The Morgan fingerprint density at radius 1 is 1.41 bits per heavy atom. The summed E-state index contributed by atoms with van der Waals surface area (Å²) in [4.78, 5) is 0. The summed E-state index contributed by atoms with van der Waals surface area (Å²) in [7, 11) is -3.43. The lowest BCUT2D eigenvalue weighted by Gasteiger charge is -2.23. The zero-order valence-electron chi connectivity index (χ0n) is 9.32. The number of rotatable bonds is 3. The van der Waals surface area contributed by atoms with Gasteiger partial charge in [-0.3, -0.25) is 4.72 Å². The molecule has 0 bridgehead atoms. The van der Waals surface area contributed by atoms with Gasteiger partial charge in [0.1, 0.15) is 5.82 Å². The summed E-state index contributed by atoms with van der Waals surface area (Å²) in [5, 5.41) is 2.60. The lowest BCUT2D eigenvalue weighted by atomic mass is 10.2. The highest BCUT2D eigenvalue weighted by Gasteiger charge is 2.27. The van der Waals surface area contributed by atoms with Crippen LogP contribution in [0.5, 0.6) is 0 Å². The number of piperidine rings is 1. The van der Waals surface area contributed by atoms with Crippen LogP contribution in [0.4, 0.5) is 10.1 Å². The number of sulfonamides is 1. The van der Waals surface area contributed by atoms with Crippen LogP contribution in [0, 0.1) is 5.82 Å². The number of hydrogen-bond acceptors (Lipinski definition) is 3. The van der Waals surface area contributed by atoms with E-state index < -0.39 is 21.1 Å². The molecule has 1 unspecified atom stereocenters. The van der Waals surface area contributed by atoms with Crippen LogP contribution in [0.25, 0.3) is 0 Å². The largest absolute Gasteiger partial charge is 0.315 e. The summed E-state index contributed by atoms with van der Waals surface area (Å²) >= 11 is 0. The summed E-state index contributed by atoms with van der Waals surface area (Å²) in [6.45, 7) is 1.30. The van der Waals surface area contributed by atoms with Crippen LogP contribution in [0.1, 0.15) is 12.8 Å². The molecule has 1 heterocycles. The minimum atomic E-state index is -3.43. The van der Waals surface area contributed by atoms with Crippen LogP contribution in [0.3, 0.4) is 0 Å². The van der Waals surface area contributed by atoms with Gasteiger partial charge in [-0.2, -0.15) is 0 Å². The van der Waals surface area contributed by atoms with Crippen molar-refractivity contribution in [3.63, 3.8) is 0 Å². The molecule has 1 saturated heterocycles. The molecule has 1 fully saturated rings. The van der Waals surface area contributed by atoms with E-state index in [1.165, 1.54) is 24.3 Å². The van der Waals surface area contributed by atoms with Gasteiger partial charge >= 0.3 is 0 Å². The highest BCUT2D eigenvalue weighted by Crippen LogP contribution is 2.17. The van der Waals surface area contributed by atoms with E-state index in [0.717, 1.165) is 13.0 Å². The molecule has 2 rings (SSSR count). The summed E-state index contributed by atoms with van der Waals surface area (Å²) < 4.78 is 39.3. The molecule has 1 aromatic rings. The topological polar surface area (TPSA) is 58.2 Å². The fraction of sp³-hybridized carbons (Fsp3) is 0.455. The quantitative estimate of drug-likeness (QED) is 0.859. The van der Waals surface area contributed by atoms with Crippen molar-refractivity contribution in [2.45, 2.75) is 18.1 Å². The van der Waals surface area contributed by atoms with Gasteiger partial charge < -0.3 is 5.32 Å². The Hall–Kier alpha value is -1.14. The molecule has 2 N–H and O–H groups in total. The third kappa shape index (κ3) is 3.17. The fourth-order valence-corrected chi connectivity index (χ4v) is 3.32. The van der Waals surface area contributed by atoms with E-state index in [1.807, 2.05) is 0 Å². The molecule has 1 aliphatic heterocycles. The van der Waals surface area contributed by atoms with Crippen molar-refractivity contribution in [2.24, 2.45) is 0 Å². The number of halogens is 1. The normalized spacial score (nSPS) is 21.1. The van der Waals surface area contributed by atoms with Crippen molar-refractivity contribution in [1.29, 1.82) is 0 Å². The lowest BCUT2D eigenvalue weighted by molar-refractivity contribution is 0.499. The van der Waals surface area contributed by atoms with Gasteiger partial charge in [-0.05, 0) is 37.6 Å². The predicted octanol–water partition coefficient (Wildman–Crippen LogP) is 1.32. The standard InChI is InChI=1S/C11H15FN2O2S/c12-9-3-1-4-10(7-9)14-17(15,16)11-5-2-6-13-8-11/h1,3-4,7,11,13-14H,2,5-6,8H2. The Labute approximate surface area is 100 Å². The molecule has 0 amide bonds. The minimum absolute atomic E-state index is 0.274. The van der Waals surface area contributed by atoms with Gasteiger partial charge in [-0.15, -0.1) is 0 Å². The second-order valence-corrected chi connectivity index (χ2v) is 6.09. The van der Waals surface area contributed by atoms with Crippen LogP contribution in [-0.4, -0.2) is 26.8 Å². The summed E-state index contributed by atoms with van der Waals surface area (Å²) in [6.07, 6.45) is 1.48. The number of anilines is 1. The van der Waals surface area contributed by atoms with E-state index in [9.17, 15) is 12.8 Å². The second-order valence-electron chi connectivity index (χ2n) is 4.13. The monoisotopic (exact) mass is 258 g/mol. The van der Waals surface area contributed by atoms with E-state index in [4.69, 9.17) is 0 Å². The van der Waals surface area contributed by atoms with E-state index in [2.05, 4.69) is 10.0 Å². The average Bonchev–Trinajstić information content (AvgIpc) is 2.29. The first-order valence-electron chi connectivity index (χ1n) is 5.56. The van der Waals surface area contributed by atoms with Crippen molar-refractivity contribution < 1.29 is 12.8 Å². The van der Waals surface area contributed by atoms with E-state index >= 15 is 0 Å². The van der Waals surface area contributed by atoms with Gasteiger partial charge in [0.05, 0.1) is 10.9 Å². The maximum absolute atomic E-state index is 12.9. The van der Waals surface area contributed by atoms with Crippen LogP contribution in [0.2, 0.25) is 0 Å². The van der Waals surface area contributed by atoms with Gasteiger partial charge in [0.25, 0.3) is 0 Å². The Kier molecular flexibility index (Phi) is 3.63. The first kappa shape index (κ1) is 12.3. The molecule has 0 spiro atoms. The van der Waals surface area contributed by atoms with Crippen molar-refractivity contribution >= 4 is 15.7 Å². The number of hydrogen-bond donors (Lipinski definition) is 2. The van der Waals surface area contributed by atoms with Crippen LogP contribution in [-0.2, 0) is 10.0 Å². The zero-order valence-corrected chi connectivity index (χ0v) is 10.1. The molecule has 1 atom stereocenters. The molecule has 0 aromatic heterocycles. The lowest BCUT2D eigenvalue weighted by Crippen LogP contribution is -2.41. The number of nitrogens with one attached hydrogen (secondary N) is 2. The van der Waals surface area contributed by atoms with Gasteiger partial charge in [0.2, 0.25) is 10.0 Å². The van der Waals surface area contributed by atoms with E-state index in [1.54, 1.807) is 0 Å². The summed E-state index contributed by atoms with van der Waals surface area (Å²) in [6, 6.07) is 5.47. The van der Waals surface area contributed by atoms with Gasteiger partial charge in [0.15, 0.2) is 0 Å². The zero-order chi connectivity index (χ0) is 12.3. The van der Waals surface area contributed by atoms with Crippen LogP contribution in [0.15, 0.2) is 24.3 Å². The molecule has 0 radical (unpaired) electrons. The molecule has 17 heavy (non-hydrogen) atoms. The predicted molar refractivity (Wildman–Crippen MR) is 64.8 cm³/mol. The van der Waals surface area contributed by atoms with E-state index in [0.29, 0.717) is 13.0 Å². The van der Waals surface area contributed by atoms with E-state index in [-0.39, 0.29) is 5.69 Å². The van der Waals surface area contributed by atoms with Crippen LogP contribution >= 0.6 is 0 Å². The van der Waals surface area contributed by atoms with Crippen molar-refractivity contribution in [2.75, 3.05) is 17.8 Å². The minimum Gasteiger partial charge on any atom is -0.315 e. The Bertz CT molecular complexity index is 484. The van der Waals surface area contributed by atoms with Gasteiger partial charge in [-0.25, -0.2) is 12.8 Å².